The molecule has 2 fully saturated rings. The number of piperidine rings is 1. The fraction of sp³-hybridized carbons (Fsp3) is 0.667. The first kappa shape index (κ1) is 21.0. The van der Waals surface area contributed by atoms with Crippen molar-refractivity contribution in [2.75, 3.05) is 26.3 Å². The third kappa shape index (κ3) is 5.64. The number of carbonyl (C=O) groups is 1. The lowest BCUT2D eigenvalue weighted by Crippen LogP contribution is -2.49. The molecule has 0 unspecified atom stereocenters. The van der Waals surface area contributed by atoms with Gasteiger partial charge in [-0.2, -0.15) is 0 Å². The van der Waals surface area contributed by atoms with Crippen LogP contribution in [0, 0.1) is 5.41 Å². The SMILES string of the molecule is CC1(C)COB(c2ccccc2O[C@H]2CCCN(C(=O)OC(C)(C)C)C2)OC1. The maximum Gasteiger partial charge on any atom is 0.497 e. The van der Waals surface area contributed by atoms with E-state index in [1.807, 2.05) is 45.0 Å². The number of rotatable bonds is 3. The van der Waals surface area contributed by atoms with Crippen molar-refractivity contribution in [3.63, 3.8) is 0 Å². The van der Waals surface area contributed by atoms with Gasteiger partial charge >= 0.3 is 13.2 Å². The number of likely N-dealkylation sites (tertiary alicyclic amines) is 1. The molecule has 28 heavy (non-hydrogen) atoms. The lowest BCUT2D eigenvalue weighted by atomic mass is 9.75. The van der Waals surface area contributed by atoms with Crippen LogP contribution in [-0.4, -0.2) is 56.1 Å². The van der Waals surface area contributed by atoms with Crippen LogP contribution in [0.2, 0.25) is 0 Å². The largest absolute Gasteiger partial charge is 0.497 e. The van der Waals surface area contributed by atoms with Gasteiger partial charge < -0.3 is 23.7 Å². The number of ether oxygens (including phenoxy) is 2. The smallest absolute Gasteiger partial charge is 0.489 e. The van der Waals surface area contributed by atoms with Gasteiger partial charge in [-0.05, 0) is 39.7 Å². The van der Waals surface area contributed by atoms with Crippen LogP contribution < -0.4 is 10.2 Å². The summed E-state index contributed by atoms with van der Waals surface area (Å²) in [6.07, 6.45) is 1.42. The molecule has 0 bridgehead atoms. The molecule has 7 heteroatoms. The van der Waals surface area contributed by atoms with Gasteiger partial charge in [0.1, 0.15) is 17.5 Å². The molecule has 3 rings (SSSR count). The number of benzene rings is 1. The van der Waals surface area contributed by atoms with Crippen molar-refractivity contribution in [1.29, 1.82) is 0 Å². The van der Waals surface area contributed by atoms with Crippen molar-refractivity contribution >= 4 is 18.7 Å². The monoisotopic (exact) mass is 389 g/mol. The summed E-state index contributed by atoms with van der Waals surface area (Å²) in [4.78, 5) is 14.1. The molecule has 0 radical (unpaired) electrons. The summed E-state index contributed by atoms with van der Waals surface area (Å²) >= 11 is 0. The van der Waals surface area contributed by atoms with Crippen molar-refractivity contribution in [3.8, 4) is 5.75 Å². The minimum absolute atomic E-state index is 0.0174. The van der Waals surface area contributed by atoms with Gasteiger partial charge in [-0.15, -0.1) is 0 Å². The highest BCUT2D eigenvalue weighted by molar-refractivity contribution is 6.62. The van der Waals surface area contributed by atoms with E-state index >= 15 is 0 Å². The second kappa shape index (κ2) is 8.33. The molecule has 0 saturated carbocycles. The zero-order valence-electron chi connectivity index (χ0n) is 17.7. The van der Waals surface area contributed by atoms with Gasteiger partial charge in [0.05, 0.1) is 6.54 Å². The third-order valence-corrected chi connectivity index (χ3v) is 4.75. The Labute approximate surface area is 168 Å². The van der Waals surface area contributed by atoms with E-state index in [1.54, 1.807) is 4.90 Å². The predicted molar refractivity (Wildman–Crippen MR) is 109 cm³/mol. The predicted octanol–water partition coefficient (Wildman–Crippen LogP) is 3.23. The van der Waals surface area contributed by atoms with Gasteiger partial charge in [0, 0.05) is 30.6 Å². The third-order valence-electron chi connectivity index (χ3n) is 4.75. The Morgan fingerprint density at radius 3 is 2.57 bits per heavy atom. The molecule has 0 spiro atoms. The maximum absolute atomic E-state index is 12.4. The lowest BCUT2D eigenvalue weighted by molar-refractivity contribution is 0.00762. The van der Waals surface area contributed by atoms with E-state index in [0.717, 1.165) is 24.1 Å². The summed E-state index contributed by atoms with van der Waals surface area (Å²) in [6, 6.07) is 7.82. The quantitative estimate of drug-likeness (QED) is 0.743. The van der Waals surface area contributed by atoms with E-state index in [2.05, 4.69) is 13.8 Å². The Morgan fingerprint density at radius 2 is 1.89 bits per heavy atom. The zero-order valence-corrected chi connectivity index (χ0v) is 17.7. The van der Waals surface area contributed by atoms with Crippen LogP contribution in [0.5, 0.6) is 5.75 Å². The van der Waals surface area contributed by atoms with E-state index in [-0.39, 0.29) is 17.6 Å². The minimum atomic E-state index is -0.499. The van der Waals surface area contributed by atoms with Gasteiger partial charge in [0.15, 0.2) is 0 Å². The molecule has 1 atom stereocenters. The van der Waals surface area contributed by atoms with E-state index < -0.39 is 12.7 Å². The Kier molecular flexibility index (Phi) is 6.25. The van der Waals surface area contributed by atoms with Crippen LogP contribution >= 0.6 is 0 Å². The fourth-order valence-electron chi connectivity index (χ4n) is 3.36. The average Bonchev–Trinajstić information content (AvgIpc) is 2.61. The minimum Gasteiger partial charge on any atom is -0.489 e. The molecule has 2 heterocycles. The van der Waals surface area contributed by atoms with E-state index in [4.69, 9.17) is 18.8 Å². The highest BCUT2D eigenvalue weighted by Gasteiger charge is 2.36. The molecule has 1 amide bonds. The Hall–Kier alpha value is -1.73. The highest BCUT2D eigenvalue weighted by atomic mass is 16.6. The van der Waals surface area contributed by atoms with E-state index in [1.165, 1.54) is 0 Å². The van der Waals surface area contributed by atoms with Crippen LogP contribution in [0.4, 0.5) is 4.79 Å². The Morgan fingerprint density at radius 1 is 1.21 bits per heavy atom. The number of para-hydroxylation sites is 1. The van der Waals surface area contributed by atoms with E-state index in [9.17, 15) is 4.79 Å². The Bertz CT molecular complexity index is 678. The van der Waals surface area contributed by atoms with Crippen molar-refractivity contribution < 1.29 is 23.6 Å². The van der Waals surface area contributed by atoms with Crippen LogP contribution in [0.25, 0.3) is 0 Å². The fourth-order valence-corrected chi connectivity index (χ4v) is 3.36. The summed E-state index contributed by atoms with van der Waals surface area (Å²) < 4.78 is 23.7. The summed E-state index contributed by atoms with van der Waals surface area (Å²) in [6.45, 7) is 12.4. The number of hydrogen-bond donors (Lipinski definition) is 0. The van der Waals surface area contributed by atoms with Crippen molar-refractivity contribution in [2.24, 2.45) is 5.41 Å². The normalized spacial score (nSPS) is 22.7. The first-order chi connectivity index (χ1) is 13.1. The lowest BCUT2D eigenvalue weighted by Gasteiger charge is -2.35. The molecular weight excluding hydrogens is 357 g/mol. The molecule has 2 saturated heterocycles. The molecule has 154 valence electrons. The van der Waals surface area contributed by atoms with Crippen molar-refractivity contribution in [3.05, 3.63) is 24.3 Å². The summed E-state index contributed by atoms with van der Waals surface area (Å²) in [5.41, 5.74) is 0.414. The van der Waals surface area contributed by atoms with Crippen molar-refractivity contribution in [2.45, 2.75) is 59.2 Å². The molecule has 0 aliphatic carbocycles. The molecule has 1 aromatic carbocycles. The van der Waals surface area contributed by atoms with Gasteiger partial charge in [-0.1, -0.05) is 32.0 Å². The first-order valence-corrected chi connectivity index (χ1v) is 10.1. The summed E-state index contributed by atoms with van der Waals surface area (Å²) in [7, 11) is -0.422. The second-order valence-corrected chi connectivity index (χ2v) is 9.46. The van der Waals surface area contributed by atoms with Gasteiger partial charge in [-0.3, -0.25) is 0 Å². The van der Waals surface area contributed by atoms with Gasteiger partial charge in [0.25, 0.3) is 0 Å². The average molecular weight is 389 g/mol. The second-order valence-electron chi connectivity index (χ2n) is 9.46. The number of amides is 1. The number of hydrogen-bond acceptors (Lipinski definition) is 5. The zero-order chi connectivity index (χ0) is 20.4. The van der Waals surface area contributed by atoms with Crippen LogP contribution in [0.15, 0.2) is 24.3 Å². The number of carbonyl (C=O) groups excluding carboxylic acids is 1. The highest BCUT2D eigenvalue weighted by Crippen LogP contribution is 2.24. The number of nitrogens with zero attached hydrogens (tertiary/aromatic N) is 1. The standard InChI is InChI=1S/C21H32BNO5/c1-20(2,3)28-19(24)23-12-8-9-16(13-23)27-18-11-7-6-10-17(18)22-25-14-21(4,5)15-26-22/h6-7,10-11,16H,8-9,12-15H2,1-5H3/t16-/m0/s1. The van der Waals surface area contributed by atoms with Crippen molar-refractivity contribution in [1.82, 2.24) is 4.90 Å². The molecular formula is C21H32BNO5. The summed E-state index contributed by atoms with van der Waals surface area (Å²) in [5, 5.41) is 0. The summed E-state index contributed by atoms with van der Waals surface area (Å²) in [5.74, 6) is 0.753. The molecule has 1 aromatic rings. The molecule has 0 aromatic heterocycles. The van der Waals surface area contributed by atoms with Crippen LogP contribution in [0.3, 0.4) is 0 Å². The Balaban J connectivity index is 1.65. The maximum atomic E-state index is 12.4. The van der Waals surface area contributed by atoms with Crippen LogP contribution in [0.1, 0.15) is 47.5 Å². The molecule has 2 aliphatic rings. The van der Waals surface area contributed by atoms with Crippen LogP contribution in [-0.2, 0) is 14.0 Å². The van der Waals surface area contributed by atoms with Gasteiger partial charge in [-0.25, -0.2) is 4.79 Å². The van der Waals surface area contributed by atoms with E-state index in [0.29, 0.717) is 26.3 Å². The van der Waals surface area contributed by atoms with Gasteiger partial charge in [0.2, 0.25) is 0 Å². The molecule has 0 N–H and O–H groups in total. The topological polar surface area (TPSA) is 57.2 Å². The molecule has 6 nitrogen and oxygen atoms in total. The molecule has 2 aliphatic heterocycles. The first-order valence-electron chi connectivity index (χ1n) is 10.1.